The van der Waals surface area contributed by atoms with Gasteiger partial charge in [0, 0.05) is 13.1 Å². The van der Waals surface area contributed by atoms with E-state index in [-0.39, 0.29) is 18.2 Å². The number of hydrogen-bond donors (Lipinski definition) is 1. The van der Waals surface area contributed by atoms with E-state index in [0.717, 1.165) is 26.2 Å². The number of nitrogens with one attached hydrogen (secondary N) is 1. The van der Waals surface area contributed by atoms with Crippen LogP contribution >= 0.6 is 24.0 Å². The molecule has 0 bridgehead atoms. The molecule has 0 radical (unpaired) electrons. The first-order chi connectivity index (χ1) is 10.2. The van der Waals surface area contributed by atoms with E-state index in [1.54, 1.807) is 6.07 Å². The van der Waals surface area contributed by atoms with Crippen molar-refractivity contribution in [3.05, 3.63) is 29.0 Å². The Morgan fingerprint density at radius 3 is 2.77 bits per heavy atom. The summed E-state index contributed by atoms with van der Waals surface area (Å²) in [6.45, 7) is 6.13. The van der Waals surface area contributed by atoms with Gasteiger partial charge >= 0.3 is 0 Å². The van der Waals surface area contributed by atoms with Crippen LogP contribution in [0.3, 0.4) is 0 Å². The predicted octanol–water partition coefficient (Wildman–Crippen LogP) is 3.36. The summed E-state index contributed by atoms with van der Waals surface area (Å²) < 4.78 is 18.6. The monoisotopic (exact) mass is 348 g/mol. The largest absolute Gasteiger partial charge is 0.491 e. The second-order valence-corrected chi connectivity index (χ2v) is 6.61. The first kappa shape index (κ1) is 17.8. The predicted molar refractivity (Wildman–Crippen MR) is 89.7 cm³/mol. The van der Waals surface area contributed by atoms with Gasteiger partial charge in [-0.2, -0.15) is 0 Å². The fraction of sp³-hybridized carbons (Fsp3) is 0.625. The fourth-order valence-corrected chi connectivity index (χ4v) is 3.68. The third kappa shape index (κ3) is 4.25. The van der Waals surface area contributed by atoms with E-state index in [9.17, 15) is 4.39 Å². The van der Waals surface area contributed by atoms with E-state index >= 15 is 0 Å². The highest BCUT2D eigenvalue weighted by molar-refractivity contribution is 6.32. The molecule has 2 heterocycles. The summed E-state index contributed by atoms with van der Waals surface area (Å²) in [5.41, 5.74) is 0.527. The molecule has 1 aromatic carbocycles. The minimum absolute atomic E-state index is 0. The maximum atomic E-state index is 13.0. The lowest BCUT2D eigenvalue weighted by Crippen LogP contribution is -2.39. The average Bonchev–Trinajstić information content (AvgIpc) is 2.85. The molecule has 6 heteroatoms. The number of hydrogen-bond acceptors (Lipinski definition) is 3. The van der Waals surface area contributed by atoms with Gasteiger partial charge in [-0.05, 0) is 62.5 Å². The Hall–Kier alpha value is -0.550. The van der Waals surface area contributed by atoms with Crippen molar-refractivity contribution in [3.8, 4) is 5.75 Å². The lowest BCUT2D eigenvalue weighted by atomic mass is 9.78. The number of nitrogens with zero attached hydrogens (tertiary/aromatic N) is 1. The smallest absolute Gasteiger partial charge is 0.138 e. The topological polar surface area (TPSA) is 24.5 Å². The van der Waals surface area contributed by atoms with Crippen LogP contribution in [0, 0.1) is 11.2 Å². The zero-order valence-electron chi connectivity index (χ0n) is 12.6. The van der Waals surface area contributed by atoms with Crippen molar-refractivity contribution in [2.45, 2.75) is 19.3 Å². The van der Waals surface area contributed by atoms with Crippen LogP contribution in [0.25, 0.3) is 0 Å². The van der Waals surface area contributed by atoms with Crippen LogP contribution in [0.15, 0.2) is 18.2 Å². The Labute approximate surface area is 142 Å². The number of benzene rings is 1. The lowest BCUT2D eigenvalue weighted by molar-refractivity contribution is 0.180. The molecule has 0 aliphatic carbocycles. The molecule has 1 spiro atoms. The van der Waals surface area contributed by atoms with Gasteiger partial charge in [-0.1, -0.05) is 11.6 Å². The third-order valence-electron chi connectivity index (χ3n) is 4.74. The minimum atomic E-state index is -0.334. The van der Waals surface area contributed by atoms with Gasteiger partial charge in [0.05, 0.1) is 5.02 Å². The Balaban J connectivity index is 0.00000176. The highest BCUT2D eigenvalue weighted by atomic mass is 35.5. The van der Waals surface area contributed by atoms with Crippen LogP contribution in [0.1, 0.15) is 19.3 Å². The summed E-state index contributed by atoms with van der Waals surface area (Å²) in [5, 5.41) is 3.78. The first-order valence-corrected chi connectivity index (χ1v) is 8.06. The molecule has 124 valence electrons. The van der Waals surface area contributed by atoms with Crippen molar-refractivity contribution < 1.29 is 9.13 Å². The second kappa shape index (κ2) is 7.82. The summed E-state index contributed by atoms with van der Waals surface area (Å²) in [6.07, 6.45) is 3.87. The van der Waals surface area contributed by atoms with Gasteiger partial charge in [0.1, 0.15) is 18.2 Å². The molecule has 0 amide bonds. The molecular weight excluding hydrogens is 326 g/mol. The number of ether oxygens (including phenoxy) is 1. The quantitative estimate of drug-likeness (QED) is 0.902. The van der Waals surface area contributed by atoms with Crippen molar-refractivity contribution in [2.75, 3.05) is 39.3 Å². The number of rotatable bonds is 4. The zero-order chi connectivity index (χ0) is 14.7. The van der Waals surface area contributed by atoms with Crippen molar-refractivity contribution in [1.29, 1.82) is 0 Å². The van der Waals surface area contributed by atoms with Crippen LogP contribution in [0.4, 0.5) is 4.39 Å². The fourth-order valence-electron chi connectivity index (χ4n) is 3.46. The van der Waals surface area contributed by atoms with E-state index in [1.165, 1.54) is 37.9 Å². The molecule has 0 aromatic heterocycles. The maximum Gasteiger partial charge on any atom is 0.138 e. The molecule has 3 rings (SSSR count). The van der Waals surface area contributed by atoms with E-state index in [1.807, 2.05) is 0 Å². The van der Waals surface area contributed by atoms with Gasteiger partial charge in [-0.25, -0.2) is 4.39 Å². The highest BCUT2D eigenvalue weighted by Gasteiger charge is 2.38. The van der Waals surface area contributed by atoms with Crippen LogP contribution < -0.4 is 10.1 Å². The molecule has 2 saturated heterocycles. The summed E-state index contributed by atoms with van der Waals surface area (Å²) in [5.74, 6) is 0.230. The molecule has 3 nitrogen and oxygen atoms in total. The lowest BCUT2D eigenvalue weighted by Gasteiger charge is -2.33. The van der Waals surface area contributed by atoms with Gasteiger partial charge in [-0.15, -0.1) is 12.4 Å². The van der Waals surface area contributed by atoms with Crippen LogP contribution in [0.2, 0.25) is 5.02 Å². The molecule has 2 aliphatic heterocycles. The van der Waals surface area contributed by atoms with Crippen LogP contribution in [0.5, 0.6) is 5.75 Å². The first-order valence-electron chi connectivity index (χ1n) is 7.68. The summed E-state index contributed by atoms with van der Waals surface area (Å²) in [6, 6.07) is 4.26. The molecule has 0 atom stereocenters. The molecule has 0 unspecified atom stereocenters. The van der Waals surface area contributed by atoms with E-state index in [4.69, 9.17) is 16.3 Å². The van der Waals surface area contributed by atoms with Gasteiger partial charge in [0.15, 0.2) is 0 Å². The van der Waals surface area contributed by atoms with Gasteiger partial charge in [-0.3, -0.25) is 4.90 Å². The van der Waals surface area contributed by atoms with Crippen molar-refractivity contribution >= 4 is 24.0 Å². The average molecular weight is 349 g/mol. The van der Waals surface area contributed by atoms with E-state index in [0.29, 0.717) is 22.8 Å². The summed E-state index contributed by atoms with van der Waals surface area (Å²) >= 11 is 5.96. The van der Waals surface area contributed by atoms with Crippen LogP contribution in [-0.2, 0) is 0 Å². The summed E-state index contributed by atoms with van der Waals surface area (Å²) in [4.78, 5) is 2.47. The molecule has 1 aromatic rings. The van der Waals surface area contributed by atoms with Gasteiger partial charge < -0.3 is 10.1 Å². The molecular formula is C16H23Cl2FN2O. The SMILES string of the molecule is Cl.Fc1ccc(OCCN2CCC3(CCNCC3)C2)c(Cl)c1. The van der Waals surface area contributed by atoms with Gasteiger partial charge in [0.25, 0.3) is 0 Å². The maximum absolute atomic E-state index is 13.0. The Kier molecular flexibility index (Phi) is 6.33. The Morgan fingerprint density at radius 1 is 1.27 bits per heavy atom. The number of halogens is 3. The Bertz CT molecular complexity index is 495. The standard InChI is InChI=1S/C16H22ClFN2O.ClH/c17-14-11-13(18)1-2-15(14)21-10-9-20-8-5-16(12-20)3-6-19-7-4-16;/h1-2,11,19H,3-10,12H2;1H. The number of piperidine rings is 1. The molecule has 1 N–H and O–H groups in total. The van der Waals surface area contributed by atoms with Gasteiger partial charge in [0.2, 0.25) is 0 Å². The van der Waals surface area contributed by atoms with Crippen LogP contribution in [-0.4, -0.2) is 44.2 Å². The highest BCUT2D eigenvalue weighted by Crippen LogP contribution is 2.38. The van der Waals surface area contributed by atoms with E-state index < -0.39 is 0 Å². The third-order valence-corrected chi connectivity index (χ3v) is 5.04. The minimum Gasteiger partial charge on any atom is -0.491 e. The number of likely N-dealkylation sites (tertiary alicyclic amines) is 1. The molecule has 2 aliphatic rings. The zero-order valence-corrected chi connectivity index (χ0v) is 14.2. The van der Waals surface area contributed by atoms with Crippen molar-refractivity contribution in [1.82, 2.24) is 10.2 Å². The molecule has 2 fully saturated rings. The van der Waals surface area contributed by atoms with Crippen molar-refractivity contribution in [2.24, 2.45) is 5.41 Å². The van der Waals surface area contributed by atoms with Crippen molar-refractivity contribution in [3.63, 3.8) is 0 Å². The van der Waals surface area contributed by atoms with E-state index in [2.05, 4.69) is 10.2 Å². The summed E-state index contributed by atoms with van der Waals surface area (Å²) in [7, 11) is 0. The molecule has 22 heavy (non-hydrogen) atoms. The Morgan fingerprint density at radius 2 is 2.05 bits per heavy atom. The normalized spacial score (nSPS) is 20.8. The molecule has 0 saturated carbocycles. The second-order valence-electron chi connectivity index (χ2n) is 6.20.